The maximum atomic E-state index is 12.5. The predicted molar refractivity (Wildman–Crippen MR) is 78.6 cm³/mol. The first-order valence-electron chi connectivity index (χ1n) is 7.06. The van der Waals surface area contributed by atoms with Gasteiger partial charge in [-0.05, 0) is 43.1 Å². The SMILES string of the molecule is CC1(C(=O)CC2OCCc3ccccc32)CCCS1. The van der Waals surface area contributed by atoms with Crippen LogP contribution in [-0.2, 0) is 16.0 Å². The summed E-state index contributed by atoms with van der Waals surface area (Å²) < 4.78 is 5.68. The molecule has 2 unspecified atom stereocenters. The Morgan fingerprint density at radius 1 is 1.47 bits per heavy atom. The van der Waals surface area contributed by atoms with E-state index in [9.17, 15) is 4.79 Å². The van der Waals surface area contributed by atoms with Gasteiger partial charge >= 0.3 is 0 Å². The van der Waals surface area contributed by atoms with Gasteiger partial charge in [-0.15, -0.1) is 11.8 Å². The van der Waals surface area contributed by atoms with E-state index >= 15 is 0 Å². The van der Waals surface area contributed by atoms with Crippen LogP contribution in [-0.4, -0.2) is 22.9 Å². The molecule has 0 saturated carbocycles. The summed E-state index contributed by atoms with van der Waals surface area (Å²) in [5, 5.41) is 0. The molecule has 2 heterocycles. The zero-order valence-corrected chi connectivity index (χ0v) is 12.2. The van der Waals surface area contributed by atoms with Crippen LogP contribution in [0.5, 0.6) is 0 Å². The van der Waals surface area contributed by atoms with Crippen molar-refractivity contribution < 1.29 is 9.53 Å². The lowest BCUT2D eigenvalue weighted by Gasteiger charge is -2.29. The standard InChI is InChI=1S/C16H20O2S/c1-16(8-4-10-19-16)15(17)11-14-13-6-3-2-5-12(13)7-9-18-14/h2-3,5-6,14H,4,7-11H2,1H3. The van der Waals surface area contributed by atoms with Crippen molar-refractivity contribution >= 4 is 17.5 Å². The van der Waals surface area contributed by atoms with Gasteiger partial charge in [0.15, 0.2) is 5.78 Å². The third-order valence-electron chi connectivity index (χ3n) is 4.27. The highest BCUT2D eigenvalue weighted by Gasteiger charge is 2.38. The number of rotatable bonds is 3. The lowest BCUT2D eigenvalue weighted by Crippen LogP contribution is -2.31. The largest absolute Gasteiger partial charge is 0.373 e. The van der Waals surface area contributed by atoms with Gasteiger partial charge in [0.25, 0.3) is 0 Å². The Labute approximate surface area is 118 Å². The molecule has 0 aliphatic carbocycles. The van der Waals surface area contributed by atoms with Gasteiger partial charge in [-0.2, -0.15) is 0 Å². The van der Waals surface area contributed by atoms with E-state index in [-0.39, 0.29) is 10.9 Å². The van der Waals surface area contributed by atoms with Crippen LogP contribution in [0.4, 0.5) is 0 Å². The van der Waals surface area contributed by atoms with Crippen molar-refractivity contribution in [2.75, 3.05) is 12.4 Å². The normalized spacial score (nSPS) is 30.1. The molecule has 3 heteroatoms. The van der Waals surface area contributed by atoms with Gasteiger partial charge in [0, 0.05) is 6.42 Å². The summed E-state index contributed by atoms with van der Waals surface area (Å²) in [6, 6.07) is 8.37. The molecule has 0 radical (unpaired) electrons. The quantitative estimate of drug-likeness (QED) is 0.844. The molecule has 0 bridgehead atoms. The number of Topliss-reactive ketones (excluding diaryl/α,β-unsaturated/α-hetero) is 1. The number of ether oxygens (including phenoxy) is 1. The fraction of sp³-hybridized carbons (Fsp3) is 0.562. The Morgan fingerprint density at radius 3 is 3.11 bits per heavy atom. The first-order valence-corrected chi connectivity index (χ1v) is 8.04. The van der Waals surface area contributed by atoms with Crippen LogP contribution in [0.1, 0.15) is 43.4 Å². The Morgan fingerprint density at radius 2 is 2.32 bits per heavy atom. The highest BCUT2D eigenvalue weighted by Crippen LogP contribution is 2.41. The molecule has 2 aliphatic heterocycles. The summed E-state index contributed by atoms with van der Waals surface area (Å²) in [6.45, 7) is 2.83. The number of benzene rings is 1. The lowest BCUT2D eigenvalue weighted by atomic mass is 9.90. The molecule has 3 rings (SSSR count). The fourth-order valence-electron chi connectivity index (χ4n) is 3.03. The number of fused-ring (bicyclic) bond motifs is 1. The zero-order chi connectivity index (χ0) is 13.3. The molecule has 19 heavy (non-hydrogen) atoms. The Balaban J connectivity index is 1.76. The minimum atomic E-state index is -0.171. The second-order valence-electron chi connectivity index (χ2n) is 5.62. The number of carbonyl (C=O) groups excluding carboxylic acids is 1. The van der Waals surface area contributed by atoms with E-state index in [4.69, 9.17) is 4.74 Å². The number of hydrogen-bond donors (Lipinski definition) is 0. The average Bonchev–Trinajstić information content (AvgIpc) is 2.87. The summed E-state index contributed by atoms with van der Waals surface area (Å²) in [5.41, 5.74) is 2.56. The molecule has 102 valence electrons. The van der Waals surface area contributed by atoms with Crippen LogP contribution in [0, 0.1) is 0 Å². The Bertz CT molecular complexity index is 477. The van der Waals surface area contributed by atoms with E-state index in [1.165, 1.54) is 11.1 Å². The third kappa shape index (κ3) is 2.59. The lowest BCUT2D eigenvalue weighted by molar-refractivity contribution is -0.124. The van der Waals surface area contributed by atoms with Crippen molar-refractivity contribution in [2.45, 2.75) is 43.5 Å². The summed E-state index contributed by atoms with van der Waals surface area (Å²) >= 11 is 1.82. The molecule has 2 nitrogen and oxygen atoms in total. The molecule has 2 aliphatic rings. The topological polar surface area (TPSA) is 26.3 Å². The summed E-state index contributed by atoms with van der Waals surface area (Å²) in [6.07, 6.45) is 3.64. The molecule has 0 amide bonds. The molecule has 1 fully saturated rings. The van der Waals surface area contributed by atoms with Gasteiger partial charge in [-0.1, -0.05) is 24.3 Å². The zero-order valence-electron chi connectivity index (χ0n) is 11.4. The molecule has 1 aromatic carbocycles. The van der Waals surface area contributed by atoms with Crippen LogP contribution in [0.15, 0.2) is 24.3 Å². The van der Waals surface area contributed by atoms with Gasteiger partial charge < -0.3 is 4.74 Å². The van der Waals surface area contributed by atoms with Gasteiger partial charge in [0.2, 0.25) is 0 Å². The van der Waals surface area contributed by atoms with Crippen LogP contribution in [0.3, 0.4) is 0 Å². The monoisotopic (exact) mass is 276 g/mol. The van der Waals surface area contributed by atoms with E-state index in [1.54, 1.807) is 0 Å². The smallest absolute Gasteiger partial charge is 0.151 e. The molecule has 1 aromatic rings. The maximum Gasteiger partial charge on any atom is 0.151 e. The van der Waals surface area contributed by atoms with Crippen molar-refractivity contribution in [3.8, 4) is 0 Å². The van der Waals surface area contributed by atoms with E-state index in [0.29, 0.717) is 12.2 Å². The number of thioether (sulfide) groups is 1. The Kier molecular flexibility index (Phi) is 3.68. The maximum absolute atomic E-state index is 12.5. The van der Waals surface area contributed by atoms with E-state index in [1.807, 2.05) is 17.8 Å². The molecule has 2 atom stereocenters. The molecule has 1 saturated heterocycles. The number of ketones is 1. The van der Waals surface area contributed by atoms with Gasteiger partial charge in [-0.25, -0.2) is 0 Å². The number of hydrogen-bond acceptors (Lipinski definition) is 3. The average molecular weight is 276 g/mol. The van der Waals surface area contributed by atoms with Crippen LogP contribution in [0.25, 0.3) is 0 Å². The second kappa shape index (κ2) is 5.29. The fourth-order valence-corrected chi connectivity index (χ4v) is 4.30. The predicted octanol–water partition coefficient (Wildman–Crippen LogP) is 3.55. The van der Waals surface area contributed by atoms with E-state index in [2.05, 4.69) is 25.1 Å². The van der Waals surface area contributed by atoms with Gasteiger partial charge in [-0.3, -0.25) is 4.79 Å². The van der Waals surface area contributed by atoms with Crippen LogP contribution < -0.4 is 0 Å². The van der Waals surface area contributed by atoms with Crippen molar-refractivity contribution in [1.82, 2.24) is 0 Å². The molecule has 0 aromatic heterocycles. The molecular weight excluding hydrogens is 256 g/mol. The van der Waals surface area contributed by atoms with Crippen molar-refractivity contribution in [1.29, 1.82) is 0 Å². The van der Waals surface area contributed by atoms with Crippen molar-refractivity contribution in [2.24, 2.45) is 0 Å². The van der Waals surface area contributed by atoms with E-state index < -0.39 is 0 Å². The summed E-state index contributed by atoms with van der Waals surface area (Å²) in [7, 11) is 0. The first-order chi connectivity index (χ1) is 9.19. The Hall–Kier alpha value is -0.800. The summed E-state index contributed by atoms with van der Waals surface area (Å²) in [5.74, 6) is 1.47. The highest BCUT2D eigenvalue weighted by atomic mass is 32.2. The van der Waals surface area contributed by atoms with E-state index in [0.717, 1.165) is 31.6 Å². The van der Waals surface area contributed by atoms with Crippen molar-refractivity contribution in [3.63, 3.8) is 0 Å². The van der Waals surface area contributed by atoms with Crippen LogP contribution >= 0.6 is 11.8 Å². The first kappa shape index (κ1) is 13.2. The third-order valence-corrected chi connectivity index (χ3v) is 5.83. The van der Waals surface area contributed by atoms with Gasteiger partial charge in [0.05, 0.1) is 17.5 Å². The van der Waals surface area contributed by atoms with Crippen LogP contribution in [0.2, 0.25) is 0 Å². The second-order valence-corrected chi connectivity index (χ2v) is 7.22. The summed E-state index contributed by atoms with van der Waals surface area (Å²) in [4.78, 5) is 12.5. The molecule has 0 spiro atoms. The minimum absolute atomic E-state index is 0.0320. The van der Waals surface area contributed by atoms with Crippen molar-refractivity contribution in [3.05, 3.63) is 35.4 Å². The number of carbonyl (C=O) groups is 1. The molecular formula is C16H20O2S. The highest BCUT2D eigenvalue weighted by molar-refractivity contribution is 8.01. The molecule has 0 N–H and O–H groups in total. The minimum Gasteiger partial charge on any atom is -0.373 e. The van der Waals surface area contributed by atoms with Gasteiger partial charge in [0.1, 0.15) is 0 Å².